The first-order valence-electron chi connectivity index (χ1n) is 5.56. The minimum Gasteiger partial charge on any atom is -0.508 e. The Labute approximate surface area is 107 Å². The van der Waals surface area contributed by atoms with E-state index in [4.69, 9.17) is 5.11 Å². The molecule has 0 amide bonds. The Hall–Kier alpha value is -1.00. The van der Waals surface area contributed by atoms with Gasteiger partial charge in [0.2, 0.25) is 0 Å². The van der Waals surface area contributed by atoms with Gasteiger partial charge >= 0.3 is 0 Å². The summed E-state index contributed by atoms with van der Waals surface area (Å²) in [4.78, 5) is 14.0. The Kier molecular flexibility index (Phi) is 5.51. The lowest BCUT2D eigenvalue weighted by atomic mass is 10.1. The van der Waals surface area contributed by atoms with Gasteiger partial charge in [-0.15, -0.1) is 0 Å². The average molecular weight is 253 g/mol. The highest BCUT2D eigenvalue weighted by atomic mass is 32.2. The van der Waals surface area contributed by atoms with Gasteiger partial charge in [-0.2, -0.15) is 11.8 Å². The quantitative estimate of drug-likeness (QED) is 0.790. The summed E-state index contributed by atoms with van der Waals surface area (Å²) >= 11 is 1.78. The van der Waals surface area contributed by atoms with Gasteiger partial charge in [-0.05, 0) is 44.5 Å². The summed E-state index contributed by atoms with van der Waals surface area (Å²) in [5.41, 5.74) is 0.644. The molecule has 1 atom stereocenters. The molecular formula is C13H19NO2S. The minimum absolute atomic E-state index is 0.0838. The molecule has 4 heteroatoms. The number of hydrogen-bond donors (Lipinski definition) is 1. The molecule has 0 spiro atoms. The van der Waals surface area contributed by atoms with Crippen molar-refractivity contribution in [3.05, 3.63) is 29.8 Å². The van der Waals surface area contributed by atoms with Crippen molar-refractivity contribution >= 4 is 17.5 Å². The normalized spacial score (nSPS) is 12.7. The second-order valence-electron chi connectivity index (χ2n) is 4.19. The van der Waals surface area contributed by atoms with E-state index in [0.717, 1.165) is 5.75 Å². The number of rotatable bonds is 6. The monoisotopic (exact) mass is 253 g/mol. The van der Waals surface area contributed by atoms with Gasteiger partial charge in [0.25, 0.3) is 0 Å². The Morgan fingerprint density at radius 3 is 2.53 bits per heavy atom. The van der Waals surface area contributed by atoms with Crippen LogP contribution in [0.15, 0.2) is 24.3 Å². The molecule has 1 N–H and O–H groups in total. The van der Waals surface area contributed by atoms with E-state index < -0.39 is 0 Å². The lowest BCUT2D eigenvalue weighted by Gasteiger charge is -2.23. The molecule has 17 heavy (non-hydrogen) atoms. The van der Waals surface area contributed by atoms with Crippen molar-refractivity contribution in [2.75, 3.05) is 25.6 Å². The minimum atomic E-state index is 0.0838. The van der Waals surface area contributed by atoms with Crippen LogP contribution in [0.3, 0.4) is 0 Å². The van der Waals surface area contributed by atoms with E-state index in [2.05, 4.69) is 13.2 Å². The van der Waals surface area contributed by atoms with E-state index in [9.17, 15) is 4.79 Å². The first-order chi connectivity index (χ1) is 8.04. The standard InChI is InChI=1S/C13H19NO2S/c1-10(9-17-3)14(2)8-13(16)11-4-6-12(15)7-5-11/h4-7,10,15H,8-9H2,1-3H3. The van der Waals surface area contributed by atoms with Gasteiger partial charge in [0, 0.05) is 17.4 Å². The van der Waals surface area contributed by atoms with Crippen LogP contribution in [0.4, 0.5) is 0 Å². The lowest BCUT2D eigenvalue weighted by molar-refractivity contribution is 0.0931. The molecule has 0 aliphatic rings. The lowest BCUT2D eigenvalue weighted by Crippen LogP contribution is -2.35. The van der Waals surface area contributed by atoms with Crippen molar-refractivity contribution in [3.8, 4) is 5.75 Å². The van der Waals surface area contributed by atoms with Crippen LogP contribution in [0.2, 0.25) is 0 Å². The number of phenols is 1. The number of thioether (sulfide) groups is 1. The molecule has 0 heterocycles. The van der Waals surface area contributed by atoms with Crippen molar-refractivity contribution in [2.45, 2.75) is 13.0 Å². The van der Waals surface area contributed by atoms with E-state index >= 15 is 0 Å². The molecule has 0 saturated carbocycles. The number of benzene rings is 1. The van der Waals surface area contributed by atoms with Crippen molar-refractivity contribution in [3.63, 3.8) is 0 Å². The second-order valence-corrected chi connectivity index (χ2v) is 5.10. The highest BCUT2D eigenvalue weighted by molar-refractivity contribution is 7.98. The topological polar surface area (TPSA) is 40.5 Å². The Morgan fingerprint density at radius 1 is 1.41 bits per heavy atom. The third kappa shape index (κ3) is 4.40. The number of carbonyl (C=O) groups excluding carboxylic acids is 1. The van der Waals surface area contributed by atoms with Crippen LogP contribution in [0.5, 0.6) is 5.75 Å². The van der Waals surface area contributed by atoms with Crippen molar-refractivity contribution in [2.24, 2.45) is 0 Å². The van der Waals surface area contributed by atoms with E-state index in [1.54, 1.807) is 36.0 Å². The number of ketones is 1. The van der Waals surface area contributed by atoms with Gasteiger partial charge in [0.1, 0.15) is 5.75 Å². The summed E-state index contributed by atoms with van der Waals surface area (Å²) in [5.74, 6) is 1.28. The van der Waals surface area contributed by atoms with Crippen molar-refractivity contribution < 1.29 is 9.90 Å². The first kappa shape index (κ1) is 14.1. The van der Waals surface area contributed by atoms with Crippen LogP contribution in [0.25, 0.3) is 0 Å². The molecule has 0 aliphatic carbocycles. The predicted octanol–water partition coefficient (Wildman–Crippen LogP) is 2.26. The molecule has 0 aliphatic heterocycles. The van der Waals surface area contributed by atoms with E-state index in [-0.39, 0.29) is 11.5 Å². The predicted molar refractivity (Wildman–Crippen MR) is 72.9 cm³/mol. The van der Waals surface area contributed by atoms with E-state index in [1.807, 2.05) is 11.9 Å². The Balaban J connectivity index is 2.57. The molecule has 1 aromatic rings. The fraction of sp³-hybridized carbons (Fsp3) is 0.462. The maximum atomic E-state index is 11.9. The fourth-order valence-corrected chi connectivity index (χ4v) is 2.23. The number of likely N-dealkylation sites (N-methyl/N-ethyl adjacent to an activating group) is 1. The number of nitrogens with zero attached hydrogens (tertiary/aromatic N) is 1. The highest BCUT2D eigenvalue weighted by Gasteiger charge is 2.13. The molecule has 1 aromatic carbocycles. The molecule has 0 radical (unpaired) electrons. The van der Waals surface area contributed by atoms with E-state index in [0.29, 0.717) is 18.2 Å². The maximum Gasteiger partial charge on any atom is 0.176 e. The third-order valence-electron chi connectivity index (χ3n) is 2.74. The summed E-state index contributed by atoms with van der Waals surface area (Å²) in [6.45, 7) is 2.52. The van der Waals surface area contributed by atoms with Crippen LogP contribution in [0, 0.1) is 0 Å². The zero-order valence-electron chi connectivity index (χ0n) is 10.5. The summed E-state index contributed by atoms with van der Waals surface area (Å²) < 4.78 is 0. The summed E-state index contributed by atoms with van der Waals surface area (Å²) in [6.07, 6.45) is 2.06. The highest BCUT2D eigenvalue weighted by Crippen LogP contribution is 2.11. The van der Waals surface area contributed by atoms with Gasteiger partial charge < -0.3 is 5.11 Å². The number of carbonyl (C=O) groups is 1. The molecule has 94 valence electrons. The summed E-state index contributed by atoms with van der Waals surface area (Å²) in [5, 5.41) is 9.15. The SMILES string of the molecule is CSCC(C)N(C)CC(=O)c1ccc(O)cc1. The molecule has 1 unspecified atom stereocenters. The number of hydrogen-bond acceptors (Lipinski definition) is 4. The first-order valence-corrected chi connectivity index (χ1v) is 6.95. The van der Waals surface area contributed by atoms with Crippen molar-refractivity contribution in [1.29, 1.82) is 0 Å². The van der Waals surface area contributed by atoms with Gasteiger partial charge in [-0.1, -0.05) is 0 Å². The smallest absolute Gasteiger partial charge is 0.176 e. The maximum absolute atomic E-state index is 11.9. The molecule has 0 fully saturated rings. The van der Waals surface area contributed by atoms with Crippen molar-refractivity contribution in [1.82, 2.24) is 4.90 Å². The summed E-state index contributed by atoms with van der Waals surface area (Å²) in [7, 11) is 1.96. The largest absolute Gasteiger partial charge is 0.508 e. The zero-order valence-corrected chi connectivity index (χ0v) is 11.3. The van der Waals surface area contributed by atoms with Gasteiger partial charge in [0.15, 0.2) is 5.78 Å². The molecule has 0 aromatic heterocycles. The number of phenolic OH excluding ortho intramolecular Hbond substituents is 1. The molecule has 0 bridgehead atoms. The number of aromatic hydroxyl groups is 1. The second kappa shape index (κ2) is 6.67. The molecule has 1 rings (SSSR count). The molecular weight excluding hydrogens is 234 g/mol. The third-order valence-corrected chi connectivity index (χ3v) is 3.56. The Bertz CT molecular complexity index is 364. The van der Waals surface area contributed by atoms with Gasteiger partial charge in [-0.25, -0.2) is 0 Å². The zero-order chi connectivity index (χ0) is 12.8. The Morgan fingerprint density at radius 2 is 2.00 bits per heavy atom. The average Bonchev–Trinajstić information content (AvgIpc) is 2.30. The van der Waals surface area contributed by atoms with Crippen LogP contribution >= 0.6 is 11.8 Å². The van der Waals surface area contributed by atoms with Gasteiger partial charge in [-0.3, -0.25) is 9.69 Å². The van der Waals surface area contributed by atoms with Crippen LogP contribution < -0.4 is 0 Å². The van der Waals surface area contributed by atoms with E-state index in [1.165, 1.54) is 0 Å². The molecule has 3 nitrogen and oxygen atoms in total. The van der Waals surface area contributed by atoms with Crippen LogP contribution in [-0.4, -0.2) is 47.4 Å². The summed E-state index contributed by atoms with van der Waals surface area (Å²) in [6, 6.07) is 6.78. The van der Waals surface area contributed by atoms with Gasteiger partial charge in [0.05, 0.1) is 6.54 Å². The van der Waals surface area contributed by atoms with Crippen LogP contribution in [0.1, 0.15) is 17.3 Å². The van der Waals surface area contributed by atoms with Crippen LogP contribution in [-0.2, 0) is 0 Å². The number of Topliss-reactive ketones (excluding diaryl/α,β-unsaturated/α-hetero) is 1. The fourth-order valence-electron chi connectivity index (χ4n) is 1.49. The molecule has 0 saturated heterocycles.